The molecule has 1 atom stereocenters. The van der Waals surface area contributed by atoms with Crippen molar-refractivity contribution in [3.05, 3.63) is 35.4 Å². The molecule has 0 bridgehead atoms. The molecule has 0 heterocycles. The molecule has 1 aromatic carbocycles. The summed E-state index contributed by atoms with van der Waals surface area (Å²) >= 11 is 0. The Morgan fingerprint density at radius 2 is 2.08 bits per heavy atom. The molecule has 2 aliphatic carbocycles. The SMILES string of the molecule is COc1ccc(C2(C#N)CCC=C(C(=O)[O-])C2)cc1OC1CCCC1. The van der Waals surface area contributed by atoms with Crippen LogP contribution in [0.3, 0.4) is 0 Å². The molecule has 0 aliphatic heterocycles. The molecule has 0 amide bonds. The van der Waals surface area contributed by atoms with Gasteiger partial charge in [0.15, 0.2) is 11.5 Å². The number of aliphatic carboxylic acids is 1. The standard InChI is InChI=1S/C20H23NO4/c1-24-17-9-8-15(11-18(17)25-16-6-2-3-7-16)20(13-21)10-4-5-14(12-20)19(22)23/h5,8-9,11,16H,2-4,6-7,10,12H2,1H3,(H,22,23)/p-1. The summed E-state index contributed by atoms with van der Waals surface area (Å²) in [6.07, 6.45) is 7.47. The van der Waals surface area contributed by atoms with Gasteiger partial charge in [0.1, 0.15) is 0 Å². The van der Waals surface area contributed by atoms with Crippen LogP contribution in [-0.2, 0) is 10.2 Å². The number of nitriles is 1. The predicted molar refractivity (Wildman–Crippen MR) is 90.1 cm³/mol. The highest BCUT2D eigenvalue weighted by molar-refractivity contribution is 5.85. The first-order chi connectivity index (χ1) is 12.1. The average Bonchev–Trinajstić information content (AvgIpc) is 3.14. The van der Waals surface area contributed by atoms with Gasteiger partial charge in [0.2, 0.25) is 0 Å². The highest BCUT2D eigenvalue weighted by Gasteiger charge is 2.36. The molecule has 1 aromatic rings. The van der Waals surface area contributed by atoms with E-state index in [9.17, 15) is 15.2 Å². The van der Waals surface area contributed by atoms with Crippen molar-refractivity contribution in [2.45, 2.75) is 56.5 Å². The van der Waals surface area contributed by atoms with E-state index in [1.54, 1.807) is 19.3 Å². The summed E-state index contributed by atoms with van der Waals surface area (Å²) in [5.41, 5.74) is 0.0991. The highest BCUT2D eigenvalue weighted by atomic mass is 16.5. The topological polar surface area (TPSA) is 82.4 Å². The minimum Gasteiger partial charge on any atom is -0.545 e. The molecule has 3 rings (SSSR count). The molecule has 1 unspecified atom stereocenters. The van der Waals surface area contributed by atoms with Crippen LogP contribution in [0.4, 0.5) is 0 Å². The maximum Gasteiger partial charge on any atom is 0.161 e. The van der Waals surface area contributed by atoms with Crippen molar-refractivity contribution in [2.75, 3.05) is 7.11 Å². The monoisotopic (exact) mass is 340 g/mol. The molecular formula is C20H22NO4-. The number of carboxylic acid groups (broad SMARTS) is 1. The fourth-order valence-corrected chi connectivity index (χ4v) is 3.79. The van der Waals surface area contributed by atoms with Crippen LogP contribution >= 0.6 is 0 Å². The Morgan fingerprint density at radius 1 is 1.32 bits per heavy atom. The number of ether oxygens (including phenoxy) is 2. The number of allylic oxidation sites excluding steroid dienone is 1. The summed E-state index contributed by atoms with van der Waals surface area (Å²) in [5, 5.41) is 21.1. The number of hydrogen-bond donors (Lipinski definition) is 0. The van der Waals surface area contributed by atoms with E-state index < -0.39 is 11.4 Å². The van der Waals surface area contributed by atoms with Gasteiger partial charge < -0.3 is 19.4 Å². The lowest BCUT2D eigenvalue weighted by atomic mass is 9.70. The van der Waals surface area contributed by atoms with E-state index in [4.69, 9.17) is 9.47 Å². The first-order valence-corrected chi connectivity index (χ1v) is 8.75. The van der Waals surface area contributed by atoms with E-state index >= 15 is 0 Å². The molecule has 0 spiro atoms. The van der Waals surface area contributed by atoms with Gasteiger partial charge in [-0.3, -0.25) is 0 Å². The van der Waals surface area contributed by atoms with Gasteiger partial charge in [0.25, 0.3) is 0 Å². The second kappa shape index (κ2) is 7.18. The number of rotatable bonds is 5. The van der Waals surface area contributed by atoms with Crippen molar-refractivity contribution >= 4 is 5.97 Å². The Kier molecular flexibility index (Phi) is 4.98. The summed E-state index contributed by atoms with van der Waals surface area (Å²) in [7, 11) is 1.59. The Bertz CT molecular complexity index is 728. The van der Waals surface area contributed by atoms with E-state index in [2.05, 4.69) is 6.07 Å². The minimum atomic E-state index is -1.20. The van der Waals surface area contributed by atoms with Crippen molar-refractivity contribution in [1.29, 1.82) is 5.26 Å². The summed E-state index contributed by atoms with van der Waals surface area (Å²) in [6.45, 7) is 0. The fourth-order valence-electron chi connectivity index (χ4n) is 3.79. The van der Waals surface area contributed by atoms with Crippen LogP contribution in [0.1, 0.15) is 50.5 Å². The van der Waals surface area contributed by atoms with Crippen molar-refractivity contribution < 1.29 is 19.4 Å². The van der Waals surface area contributed by atoms with Crippen molar-refractivity contribution in [3.63, 3.8) is 0 Å². The largest absolute Gasteiger partial charge is 0.545 e. The van der Waals surface area contributed by atoms with Crippen LogP contribution in [0.15, 0.2) is 29.8 Å². The van der Waals surface area contributed by atoms with Gasteiger partial charge in [0, 0.05) is 0 Å². The molecule has 1 fully saturated rings. The van der Waals surface area contributed by atoms with Gasteiger partial charge in [-0.25, -0.2) is 0 Å². The van der Waals surface area contributed by atoms with Crippen molar-refractivity contribution in [3.8, 4) is 17.6 Å². The van der Waals surface area contributed by atoms with Gasteiger partial charge >= 0.3 is 0 Å². The minimum absolute atomic E-state index is 0.154. The first kappa shape index (κ1) is 17.3. The van der Waals surface area contributed by atoms with E-state index in [1.807, 2.05) is 12.1 Å². The molecule has 0 saturated heterocycles. The van der Waals surface area contributed by atoms with E-state index in [0.717, 1.165) is 31.2 Å². The zero-order chi connectivity index (χ0) is 17.9. The van der Waals surface area contributed by atoms with Gasteiger partial charge in [0.05, 0.1) is 30.7 Å². The quantitative estimate of drug-likeness (QED) is 0.823. The van der Waals surface area contributed by atoms with Crippen LogP contribution in [0, 0.1) is 11.3 Å². The molecule has 5 heteroatoms. The molecule has 0 N–H and O–H groups in total. The fraction of sp³-hybridized carbons (Fsp3) is 0.500. The maximum atomic E-state index is 11.3. The zero-order valence-corrected chi connectivity index (χ0v) is 14.4. The molecule has 2 aliphatic rings. The lowest BCUT2D eigenvalue weighted by Crippen LogP contribution is -2.34. The van der Waals surface area contributed by atoms with Crippen LogP contribution in [0.25, 0.3) is 0 Å². The average molecular weight is 340 g/mol. The normalized spacial score (nSPS) is 23.6. The number of carbonyl (C=O) groups excluding carboxylic acids is 1. The number of carboxylic acids is 1. The predicted octanol–water partition coefficient (Wildman–Crippen LogP) is 2.64. The molecule has 0 radical (unpaired) electrons. The van der Waals surface area contributed by atoms with Crippen molar-refractivity contribution in [1.82, 2.24) is 0 Å². The van der Waals surface area contributed by atoms with Gasteiger partial charge in [-0.2, -0.15) is 5.26 Å². The Morgan fingerprint density at radius 3 is 2.72 bits per heavy atom. The summed E-state index contributed by atoms with van der Waals surface area (Å²) in [4.78, 5) is 11.3. The first-order valence-electron chi connectivity index (χ1n) is 8.75. The Balaban J connectivity index is 1.94. The lowest BCUT2D eigenvalue weighted by Gasteiger charge is -2.32. The molecular weight excluding hydrogens is 318 g/mol. The number of hydrogen-bond acceptors (Lipinski definition) is 5. The summed E-state index contributed by atoms with van der Waals surface area (Å²) in [6, 6.07) is 7.83. The number of carbonyl (C=O) groups is 1. The smallest absolute Gasteiger partial charge is 0.161 e. The van der Waals surface area contributed by atoms with Crippen LogP contribution < -0.4 is 14.6 Å². The third-order valence-electron chi connectivity index (χ3n) is 5.24. The third-order valence-corrected chi connectivity index (χ3v) is 5.24. The second-order valence-electron chi connectivity index (χ2n) is 6.82. The number of nitrogens with zero attached hydrogens (tertiary/aromatic N) is 1. The van der Waals surface area contributed by atoms with Gasteiger partial charge in [-0.1, -0.05) is 12.1 Å². The number of methoxy groups -OCH3 is 1. The summed E-state index contributed by atoms with van der Waals surface area (Å²) in [5.74, 6) is 0.0663. The lowest BCUT2D eigenvalue weighted by molar-refractivity contribution is -0.299. The molecule has 132 valence electrons. The second-order valence-corrected chi connectivity index (χ2v) is 6.82. The van der Waals surface area contributed by atoms with Crippen LogP contribution in [0.5, 0.6) is 11.5 Å². The Labute approximate surface area is 147 Å². The molecule has 25 heavy (non-hydrogen) atoms. The molecule has 1 saturated carbocycles. The van der Waals surface area contributed by atoms with E-state index in [-0.39, 0.29) is 18.1 Å². The van der Waals surface area contributed by atoms with Crippen LogP contribution in [0.2, 0.25) is 0 Å². The highest BCUT2D eigenvalue weighted by Crippen LogP contribution is 2.42. The Hall–Kier alpha value is -2.48. The van der Waals surface area contributed by atoms with Gasteiger partial charge in [-0.15, -0.1) is 0 Å². The molecule has 5 nitrogen and oxygen atoms in total. The van der Waals surface area contributed by atoms with E-state index in [0.29, 0.717) is 24.3 Å². The zero-order valence-electron chi connectivity index (χ0n) is 14.4. The van der Waals surface area contributed by atoms with E-state index in [1.165, 1.54) is 0 Å². The van der Waals surface area contributed by atoms with Gasteiger partial charge in [-0.05, 0) is 68.2 Å². The number of benzene rings is 1. The maximum absolute atomic E-state index is 11.3. The summed E-state index contributed by atoms with van der Waals surface area (Å²) < 4.78 is 11.5. The van der Waals surface area contributed by atoms with Crippen molar-refractivity contribution in [2.24, 2.45) is 0 Å². The van der Waals surface area contributed by atoms with Crippen LogP contribution in [-0.4, -0.2) is 19.2 Å². The molecule has 0 aromatic heterocycles. The third kappa shape index (κ3) is 3.48.